The quantitative estimate of drug-likeness (QED) is 0.782. The van der Waals surface area contributed by atoms with E-state index in [9.17, 15) is 8.42 Å². The predicted octanol–water partition coefficient (Wildman–Crippen LogP) is 3.94. The van der Waals surface area contributed by atoms with Crippen LogP contribution < -0.4 is 4.72 Å². The molecule has 0 radical (unpaired) electrons. The summed E-state index contributed by atoms with van der Waals surface area (Å²) >= 11 is 11.6. The topological polar surface area (TPSA) is 72.2 Å². The lowest BCUT2D eigenvalue weighted by Crippen LogP contribution is -2.12. The van der Waals surface area contributed by atoms with Gasteiger partial charge in [0.1, 0.15) is 5.52 Å². The summed E-state index contributed by atoms with van der Waals surface area (Å²) in [7, 11) is -3.76. The lowest BCUT2D eigenvalue weighted by molar-refractivity contribution is 0.601. The molecule has 2 aromatic carbocycles. The fraction of sp³-hybridized carbons (Fsp3) is 0. The number of fused-ring (bicyclic) bond motifs is 1. The van der Waals surface area contributed by atoms with Gasteiger partial charge in [-0.15, -0.1) is 0 Å². The molecule has 21 heavy (non-hydrogen) atoms. The van der Waals surface area contributed by atoms with Crippen molar-refractivity contribution in [1.82, 2.24) is 4.98 Å². The summed E-state index contributed by atoms with van der Waals surface area (Å²) in [6.07, 6.45) is 1.29. The number of benzene rings is 2. The van der Waals surface area contributed by atoms with Crippen molar-refractivity contribution in [1.29, 1.82) is 0 Å². The molecule has 1 N–H and O–H groups in total. The van der Waals surface area contributed by atoms with Gasteiger partial charge in [-0.2, -0.15) is 0 Å². The van der Waals surface area contributed by atoms with Crippen LogP contribution >= 0.6 is 23.2 Å². The first-order chi connectivity index (χ1) is 9.95. The molecule has 0 atom stereocenters. The highest BCUT2D eigenvalue weighted by Crippen LogP contribution is 2.26. The highest BCUT2D eigenvalue weighted by Gasteiger charge is 2.16. The molecule has 0 aliphatic heterocycles. The summed E-state index contributed by atoms with van der Waals surface area (Å²) in [5.74, 6) is 0. The minimum atomic E-state index is -3.76. The van der Waals surface area contributed by atoms with Gasteiger partial charge < -0.3 is 4.42 Å². The number of oxazole rings is 1. The van der Waals surface area contributed by atoms with Crippen LogP contribution in [-0.4, -0.2) is 13.4 Å². The maximum Gasteiger partial charge on any atom is 0.261 e. The number of nitrogens with zero attached hydrogens (tertiary/aromatic N) is 1. The minimum Gasteiger partial charge on any atom is -0.443 e. The third-order valence-corrected chi connectivity index (χ3v) is 4.90. The van der Waals surface area contributed by atoms with Gasteiger partial charge in [-0.05, 0) is 30.3 Å². The predicted molar refractivity (Wildman–Crippen MR) is 81.3 cm³/mol. The van der Waals surface area contributed by atoms with Crippen molar-refractivity contribution in [2.45, 2.75) is 4.90 Å². The molecule has 1 heterocycles. The molecule has 5 nitrogen and oxygen atoms in total. The van der Waals surface area contributed by atoms with E-state index in [1.807, 2.05) is 0 Å². The van der Waals surface area contributed by atoms with Crippen molar-refractivity contribution in [3.8, 4) is 0 Å². The summed E-state index contributed by atoms with van der Waals surface area (Å²) in [5, 5.41) is 0.462. The zero-order chi connectivity index (χ0) is 15.0. The first-order valence-corrected chi connectivity index (χ1v) is 8.01. The molecule has 1 aromatic heterocycles. The Labute approximate surface area is 130 Å². The molecule has 0 saturated heterocycles. The molecule has 3 rings (SSSR count). The number of halogens is 2. The first-order valence-electron chi connectivity index (χ1n) is 5.77. The van der Waals surface area contributed by atoms with Crippen LogP contribution in [0.25, 0.3) is 11.1 Å². The van der Waals surface area contributed by atoms with E-state index in [0.29, 0.717) is 21.8 Å². The fourth-order valence-electron chi connectivity index (χ4n) is 1.78. The zero-order valence-electron chi connectivity index (χ0n) is 10.4. The Bertz CT molecular complexity index is 922. The highest BCUT2D eigenvalue weighted by atomic mass is 35.5. The average Bonchev–Trinajstić information content (AvgIpc) is 2.88. The van der Waals surface area contributed by atoms with E-state index in [2.05, 4.69) is 9.71 Å². The maximum atomic E-state index is 12.3. The van der Waals surface area contributed by atoms with Crippen LogP contribution in [0.3, 0.4) is 0 Å². The van der Waals surface area contributed by atoms with Crippen molar-refractivity contribution >= 4 is 50.0 Å². The van der Waals surface area contributed by atoms with Gasteiger partial charge in [0.2, 0.25) is 0 Å². The Morgan fingerprint density at radius 3 is 2.62 bits per heavy atom. The van der Waals surface area contributed by atoms with Crippen LogP contribution in [0.2, 0.25) is 10.0 Å². The largest absolute Gasteiger partial charge is 0.443 e. The van der Waals surface area contributed by atoms with E-state index in [1.165, 1.54) is 24.6 Å². The van der Waals surface area contributed by atoms with Gasteiger partial charge in [0.05, 0.1) is 20.6 Å². The smallest absolute Gasteiger partial charge is 0.261 e. The van der Waals surface area contributed by atoms with Gasteiger partial charge in [-0.25, -0.2) is 13.4 Å². The van der Waals surface area contributed by atoms with Gasteiger partial charge in [0.25, 0.3) is 10.0 Å². The Balaban J connectivity index is 1.96. The zero-order valence-corrected chi connectivity index (χ0v) is 12.7. The van der Waals surface area contributed by atoms with Crippen LogP contribution in [0, 0.1) is 0 Å². The van der Waals surface area contributed by atoms with Crippen LogP contribution in [0.5, 0.6) is 0 Å². The summed E-state index contributed by atoms with van der Waals surface area (Å²) < 4.78 is 32.1. The molecule has 0 bridgehead atoms. The van der Waals surface area contributed by atoms with Gasteiger partial charge in [0, 0.05) is 6.07 Å². The monoisotopic (exact) mass is 342 g/mol. The Morgan fingerprint density at radius 1 is 1.05 bits per heavy atom. The number of nitrogens with one attached hydrogen (secondary N) is 1. The molecule has 0 aliphatic carbocycles. The summed E-state index contributed by atoms with van der Waals surface area (Å²) in [6, 6.07) is 8.91. The molecule has 108 valence electrons. The summed E-state index contributed by atoms with van der Waals surface area (Å²) in [6.45, 7) is 0. The Morgan fingerprint density at radius 2 is 1.86 bits per heavy atom. The minimum absolute atomic E-state index is 0.0227. The molecule has 0 saturated carbocycles. The lowest BCUT2D eigenvalue weighted by atomic mass is 10.3. The van der Waals surface area contributed by atoms with Crippen molar-refractivity contribution < 1.29 is 12.8 Å². The molecule has 0 spiro atoms. The molecule has 0 aliphatic rings. The van der Waals surface area contributed by atoms with E-state index in [0.717, 1.165) is 0 Å². The molecule has 3 aromatic rings. The Hall–Kier alpha value is -1.76. The molecule has 8 heteroatoms. The third-order valence-electron chi connectivity index (χ3n) is 2.78. The second-order valence-electron chi connectivity index (χ2n) is 4.22. The highest BCUT2D eigenvalue weighted by molar-refractivity contribution is 7.92. The van der Waals surface area contributed by atoms with Crippen LogP contribution in [0.1, 0.15) is 0 Å². The van der Waals surface area contributed by atoms with E-state index >= 15 is 0 Å². The first kappa shape index (κ1) is 14.2. The number of hydrogen-bond donors (Lipinski definition) is 1. The third kappa shape index (κ3) is 2.83. The maximum absolute atomic E-state index is 12.3. The number of anilines is 1. The normalized spacial score (nSPS) is 11.7. The van der Waals surface area contributed by atoms with Crippen molar-refractivity contribution in [2.75, 3.05) is 4.72 Å². The van der Waals surface area contributed by atoms with Crippen molar-refractivity contribution in [3.05, 3.63) is 52.8 Å². The molecule has 0 amide bonds. The standard InChI is InChI=1S/C13H8Cl2N2O3S/c14-10-3-2-9(6-11(10)15)21(18,19)17-8-1-4-12-13(5-8)20-7-16-12/h1-7,17H. The SMILES string of the molecule is O=S(=O)(Nc1ccc2ncoc2c1)c1ccc(Cl)c(Cl)c1. The summed E-state index contributed by atoms with van der Waals surface area (Å²) in [4.78, 5) is 3.98. The number of hydrogen-bond acceptors (Lipinski definition) is 4. The average molecular weight is 343 g/mol. The molecular weight excluding hydrogens is 335 g/mol. The number of sulfonamides is 1. The molecular formula is C13H8Cl2N2O3S. The molecule has 0 fully saturated rings. The summed E-state index contributed by atoms with van der Waals surface area (Å²) in [5.41, 5.74) is 1.50. The van der Waals surface area contributed by atoms with Crippen LogP contribution in [0.15, 0.2) is 52.1 Å². The second kappa shape index (κ2) is 5.22. The van der Waals surface area contributed by atoms with E-state index < -0.39 is 10.0 Å². The Kier molecular flexibility index (Phi) is 3.52. The second-order valence-corrected chi connectivity index (χ2v) is 6.71. The van der Waals surface area contributed by atoms with Gasteiger partial charge in [-0.3, -0.25) is 4.72 Å². The van der Waals surface area contributed by atoms with Gasteiger partial charge >= 0.3 is 0 Å². The molecule has 0 unspecified atom stereocenters. The lowest BCUT2D eigenvalue weighted by Gasteiger charge is -2.08. The fourth-order valence-corrected chi connectivity index (χ4v) is 3.21. The van der Waals surface area contributed by atoms with E-state index in [4.69, 9.17) is 27.6 Å². The van der Waals surface area contributed by atoms with Crippen molar-refractivity contribution in [2.24, 2.45) is 0 Å². The van der Waals surface area contributed by atoms with Gasteiger partial charge in [-0.1, -0.05) is 23.2 Å². The van der Waals surface area contributed by atoms with E-state index in [1.54, 1.807) is 18.2 Å². The van der Waals surface area contributed by atoms with Crippen LogP contribution in [0.4, 0.5) is 5.69 Å². The van der Waals surface area contributed by atoms with Gasteiger partial charge in [0.15, 0.2) is 12.0 Å². The number of rotatable bonds is 3. The van der Waals surface area contributed by atoms with Crippen LogP contribution in [-0.2, 0) is 10.0 Å². The van der Waals surface area contributed by atoms with Crippen molar-refractivity contribution in [3.63, 3.8) is 0 Å². The number of aromatic nitrogens is 1. The van der Waals surface area contributed by atoms with E-state index in [-0.39, 0.29) is 9.92 Å².